The third-order valence-electron chi connectivity index (χ3n) is 4.06. The van der Waals surface area contributed by atoms with Crippen molar-refractivity contribution in [1.29, 1.82) is 5.26 Å². The molecule has 1 amide bonds. The molecule has 3 heteroatoms. The second kappa shape index (κ2) is 7.69. The second-order valence-corrected chi connectivity index (χ2v) is 5.51. The lowest BCUT2D eigenvalue weighted by Crippen LogP contribution is -2.34. The smallest absolute Gasteiger partial charge is 0.221 e. The Bertz CT molecular complexity index is 458. The van der Waals surface area contributed by atoms with E-state index in [1.165, 1.54) is 37.7 Å². The molecule has 0 saturated heterocycles. The second-order valence-electron chi connectivity index (χ2n) is 5.51. The maximum Gasteiger partial charge on any atom is 0.221 e. The Labute approximate surface area is 121 Å². The Kier molecular flexibility index (Phi) is 5.61. The minimum atomic E-state index is -0.00836. The van der Waals surface area contributed by atoms with E-state index in [1.54, 1.807) is 0 Å². The van der Waals surface area contributed by atoms with Crippen LogP contribution in [-0.2, 0) is 4.79 Å². The molecule has 1 aliphatic carbocycles. The number of rotatable bonds is 5. The molecule has 0 heterocycles. The van der Waals surface area contributed by atoms with Gasteiger partial charge in [-0.25, -0.2) is 0 Å². The number of amides is 1. The lowest BCUT2D eigenvalue weighted by molar-refractivity contribution is -0.122. The molecule has 0 spiro atoms. The van der Waals surface area contributed by atoms with Gasteiger partial charge in [0.25, 0.3) is 0 Å². The van der Waals surface area contributed by atoms with E-state index >= 15 is 0 Å². The first-order valence-corrected chi connectivity index (χ1v) is 7.52. The molecule has 1 fully saturated rings. The molecule has 1 N–H and O–H groups in total. The van der Waals surface area contributed by atoms with Crippen LogP contribution in [0.15, 0.2) is 30.3 Å². The maximum absolute atomic E-state index is 12.0. The number of nitrogens with one attached hydrogen (secondary N) is 1. The fourth-order valence-electron chi connectivity index (χ4n) is 3.02. The number of nitrogens with zero attached hydrogens (tertiary/aromatic N) is 1. The van der Waals surface area contributed by atoms with Crippen molar-refractivity contribution < 1.29 is 4.79 Å². The van der Waals surface area contributed by atoms with E-state index in [0.29, 0.717) is 12.3 Å². The first-order chi connectivity index (χ1) is 9.81. The normalized spacial score (nSPS) is 17.1. The van der Waals surface area contributed by atoms with E-state index in [0.717, 1.165) is 0 Å². The van der Waals surface area contributed by atoms with Gasteiger partial charge in [0, 0.05) is 12.8 Å². The fourth-order valence-corrected chi connectivity index (χ4v) is 3.02. The standard InChI is InChI=1S/C17H22N2O/c18-13-7-12-16(20)19-17(14-8-3-1-4-9-14)15-10-5-2-6-11-15/h1,3-4,8-9,15,17H,2,5-7,10-12H2,(H,19,20). The van der Waals surface area contributed by atoms with Crippen LogP contribution in [0.2, 0.25) is 0 Å². The molecule has 1 aliphatic rings. The summed E-state index contributed by atoms with van der Waals surface area (Å²) in [5.41, 5.74) is 1.18. The van der Waals surface area contributed by atoms with E-state index in [2.05, 4.69) is 17.4 Å². The van der Waals surface area contributed by atoms with Gasteiger partial charge in [-0.05, 0) is 24.3 Å². The van der Waals surface area contributed by atoms with Crippen LogP contribution in [0.3, 0.4) is 0 Å². The topological polar surface area (TPSA) is 52.9 Å². The largest absolute Gasteiger partial charge is 0.349 e. The Morgan fingerprint density at radius 3 is 2.60 bits per heavy atom. The highest BCUT2D eigenvalue weighted by atomic mass is 16.1. The Morgan fingerprint density at radius 1 is 1.25 bits per heavy atom. The molecule has 0 aliphatic heterocycles. The molecular formula is C17H22N2O. The van der Waals surface area contributed by atoms with E-state index in [9.17, 15) is 4.79 Å². The van der Waals surface area contributed by atoms with Crippen LogP contribution in [0.1, 0.15) is 56.6 Å². The highest BCUT2D eigenvalue weighted by molar-refractivity contribution is 5.76. The average Bonchev–Trinajstić information content (AvgIpc) is 2.52. The predicted molar refractivity (Wildman–Crippen MR) is 78.7 cm³/mol. The Hall–Kier alpha value is -1.82. The summed E-state index contributed by atoms with van der Waals surface area (Å²) in [7, 11) is 0. The molecule has 1 atom stereocenters. The minimum absolute atomic E-state index is 0.00836. The molecule has 0 aromatic heterocycles. The predicted octanol–water partition coefficient (Wildman–Crippen LogP) is 3.73. The molecule has 1 saturated carbocycles. The summed E-state index contributed by atoms with van der Waals surface area (Å²) in [6.45, 7) is 0. The molecule has 3 nitrogen and oxygen atoms in total. The first kappa shape index (κ1) is 14.6. The fraction of sp³-hybridized carbons (Fsp3) is 0.529. The monoisotopic (exact) mass is 270 g/mol. The van der Waals surface area contributed by atoms with Crippen LogP contribution in [0.5, 0.6) is 0 Å². The summed E-state index contributed by atoms with van der Waals surface area (Å²) in [6.07, 6.45) is 6.76. The van der Waals surface area contributed by atoms with Crippen molar-refractivity contribution in [3.63, 3.8) is 0 Å². The molecule has 2 rings (SSSR count). The van der Waals surface area contributed by atoms with E-state index in [-0.39, 0.29) is 18.4 Å². The highest BCUT2D eigenvalue weighted by Crippen LogP contribution is 2.34. The molecule has 0 radical (unpaired) electrons. The van der Waals surface area contributed by atoms with Gasteiger partial charge in [-0.1, -0.05) is 49.6 Å². The van der Waals surface area contributed by atoms with Gasteiger partial charge in [0.1, 0.15) is 0 Å². The third kappa shape index (κ3) is 4.09. The van der Waals surface area contributed by atoms with Crippen molar-refractivity contribution in [2.24, 2.45) is 5.92 Å². The highest BCUT2D eigenvalue weighted by Gasteiger charge is 2.26. The van der Waals surface area contributed by atoms with Gasteiger partial charge in [-0.2, -0.15) is 5.26 Å². The van der Waals surface area contributed by atoms with Crippen molar-refractivity contribution in [2.45, 2.75) is 51.0 Å². The van der Waals surface area contributed by atoms with Crippen LogP contribution in [0.4, 0.5) is 0 Å². The van der Waals surface area contributed by atoms with Gasteiger partial charge in [0.05, 0.1) is 12.1 Å². The summed E-state index contributed by atoms with van der Waals surface area (Å²) in [6, 6.07) is 12.3. The zero-order valence-electron chi connectivity index (χ0n) is 11.8. The van der Waals surface area contributed by atoms with Crippen molar-refractivity contribution >= 4 is 5.91 Å². The molecular weight excluding hydrogens is 248 g/mol. The van der Waals surface area contributed by atoms with Crippen molar-refractivity contribution in [3.8, 4) is 6.07 Å². The first-order valence-electron chi connectivity index (χ1n) is 7.52. The molecule has 1 aromatic rings. The van der Waals surface area contributed by atoms with Gasteiger partial charge in [-0.15, -0.1) is 0 Å². The van der Waals surface area contributed by atoms with Crippen molar-refractivity contribution in [1.82, 2.24) is 5.32 Å². The number of benzene rings is 1. The molecule has 106 valence electrons. The van der Waals surface area contributed by atoms with Crippen molar-refractivity contribution in [2.75, 3.05) is 0 Å². The van der Waals surface area contributed by atoms with Crippen LogP contribution >= 0.6 is 0 Å². The number of hydrogen-bond donors (Lipinski definition) is 1. The number of carbonyl (C=O) groups excluding carboxylic acids is 1. The molecule has 1 aromatic carbocycles. The van der Waals surface area contributed by atoms with E-state index in [1.807, 2.05) is 24.3 Å². The van der Waals surface area contributed by atoms with E-state index in [4.69, 9.17) is 5.26 Å². The van der Waals surface area contributed by atoms with Gasteiger partial charge in [0.15, 0.2) is 0 Å². The number of nitriles is 1. The molecule has 1 unspecified atom stereocenters. The minimum Gasteiger partial charge on any atom is -0.349 e. The zero-order chi connectivity index (χ0) is 14.2. The third-order valence-corrected chi connectivity index (χ3v) is 4.06. The SMILES string of the molecule is N#CCCC(=O)NC(c1ccccc1)C1CCCCC1. The summed E-state index contributed by atoms with van der Waals surface area (Å²) in [5.74, 6) is 0.517. The van der Waals surface area contributed by atoms with Gasteiger partial charge < -0.3 is 5.32 Å². The summed E-state index contributed by atoms with van der Waals surface area (Å²) in [4.78, 5) is 12.0. The van der Waals surface area contributed by atoms with E-state index < -0.39 is 0 Å². The maximum atomic E-state index is 12.0. The summed E-state index contributed by atoms with van der Waals surface area (Å²) < 4.78 is 0. The summed E-state index contributed by atoms with van der Waals surface area (Å²) in [5, 5.41) is 11.7. The van der Waals surface area contributed by atoms with Crippen LogP contribution in [0.25, 0.3) is 0 Å². The molecule has 20 heavy (non-hydrogen) atoms. The Balaban J connectivity index is 2.07. The van der Waals surface area contributed by atoms with Crippen LogP contribution in [-0.4, -0.2) is 5.91 Å². The van der Waals surface area contributed by atoms with Gasteiger partial charge in [0.2, 0.25) is 5.91 Å². The number of carbonyl (C=O) groups is 1. The van der Waals surface area contributed by atoms with Crippen LogP contribution in [0, 0.1) is 17.2 Å². The molecule has 0 bridgehead atoms. The quantitative estimate of drug-likeness (QED) is 0.886. The number of hydrogen-bond acceptors (Lipinski definition) is 2. The Morgan fingerprint density at radius 2 is 1.95 bits per heavy atom. The lowest BCUT2D eigenvalue weighted by Gasteiger charge is -2.31. The van der Waals surface area contributed by atoms with Crippen molar-refractivity contribution in [3.05, 3.63) is 35.9 Å². The lowest BCUT2D eigenvalue weighted by atomic mass is 9.81. The summed E-state index contributed by atoms with van der Waals surface area (Å²) >= 11 is 0. The van der Waals surface area contributed by atoms with Crippen LogP contribution < -0.4 is 5.32 Å². The zero-order valence-corrected chi connectivity index (χ0v) is 11.8. The average molecular weight is 270 g/mol. The van der Waals surface area contributed by atoms with Gasteiger partial charge in [-0.3, -0.25) is 4.79 Å². The van der Waals surface area contributed by atoms with Gasteiger partial charge >= 0.3 is 0 Å².